The van der Waals surface area contributed by atoms with Gasteiger partial charge in [-0.1, -0.05) is 25.3 Å². The first-order chi connectivity index (χ1) is 13.8. The molecule has 0 aliphatic carbocycles. The third-order valence-electron chi connectivity index (χ3n) is 3.71. The predicted molar refractivity (Wildman–Crippen MR) is 110 cm³/mol. The van der Waals surface area contributed by atoms with Gasteiger partial charge in [-0.3, -0.25) is 14.4 Å². The summed E-state index contributed by atoms with van der Waals surface area (Å²) in [7, 11) is 0. The number of carbonyl (C=O) groups is 3. The van der Waals surface area contributed by atoms with Crippen molar-refractivity contribution in [2.75, 3.05) is 0 Å². The molecule has 0 aromatic rings. The zero-order chi connectivity index (χ0) is 22.1. The van der Waals surface area contributed by atoms with E-state index in [4.69, 9.17) is 14.2 Å². The SMILES string of the molecule is C=CCCCCCC(OC(C)=O)C(OC(C)=O)C(C#CC#CCCC)OC(C)=O. The largest absolute Gasteiger partial charge is 0.458 e. The molecule has 0 heterocycles. The highest BCUT2D eigenvalue weighted by molar-refractivity contribution is 5.68. The molecule has 3 atom stereocenters. The summed E-state index contributed by atoms with van der Waals surface area (Å²) < 4.78 is 16.0. The van der Waals surface area contributed by atoms with E-state index in [1.807, 2.05) is 13.0 Å². The number of esters is 3. The molecule has 160 valence electrons. The molecule has 0 bridgehead atoms. The lowest BCUT2D eigenvalue weighted by atomic mass is 10.0. The highest BCUT2D eigenvalue weighted by atomic mass is 16.6. The minimum absolute atomic E-state index is 0.440. The van der Waals surface area contributed by atoms with E-state index in [1.54, 1.807) is 0 Å². The lowest BCUT2D eigenvalue weighted by Gasteiger charge is -2.29. The molecule has 0 fully saturated rings. The Bertz CT molecular complexity index is 658. The summed E-state index contributed by atoms with van der Waals surface area (Å²) in [5.74, 6) is 9.24. The molecule has 0 N–H and O–H groups in total. The van der Waals surface area contributed by atoms with Crippen LogP contribution < -0.4 is 0 Å². The van der Waals surface area contributed by atoms with Gasteiger partial charge < -0.3 is 14.2 Å². The van der Waals surface area contributed by atoms with Crippen LogP contribution in [0.5, 0.6) is 0 Å². The molecule has 6 heteroatoms. The van der Waals surface area contributed by atoms with E-state index in [1.165, 1.54) is 20.8 Å². The van der Waals surface area contributed by atoms with Gasteiger partial charge in [-0.25, -0.2) is 0 Å². The minimum atomic E-state index is -1.09. The van der Waals surface area contributed by atoms with Gasteiger partial charge in [-0.15, -0.1) is 6.58 Å². The number of hydrogen-bond acceptors (Lipinski definition) is 6. The number of ether oxygens (including phenoxy) is 3. The lowest BCUT2D eigenvalue weighted by molar-refractivity contribution is -0.178. The van der Waals surface area contributed by atoms with Crippen LogP contribution >= 0.6 is 0 Å². The molecule has 29 heavy (non-hydrogen) atoms. The number of allylic oxidation sites excluding steroid dienone is 1. The van der Waals surface area contributed by atoms with Gasteiger partial charge >= 0.3 is 17.9 Å². The van der Waals surface area contributed by atoms with Crippen LogP contribution in [-0.4, -0.2) is 36.2 Å². The summed E-state index contributed by atoms with van der Waals surface area (Å²) in [6.07, 6.45) is 4.43. The fraction of sp³-hybridized carbons (Fsp3) is 0.609. The quantitative estimate of drug-likeness (QED) is 0.162. The van der Waals surface area contributed by atoms with Crippen LogP contribution in [0.4, 0.5) is 0 Å². The van der Waals surface area contributed by atoms with Gasteiger partial charge in [0.25, 0.3) is 0 Å². The summed E-state index contributed by atoms with van der Waals surface area (Å²) in [6, 6.07) is 0. The van der Waals surface area contributed by atoms with Crippen LogP contribution in [0.2, 0.25) is 0 Å². The van der Waals surface area contributed by atoms with Gasteiger partial charge in [-0.05, 0) is 49.9 Å². The second kappa shape index (κ2) is 16.2. The first kappa shape index (κ1) is 26.3. The Hall–Kier alpha value is -2.73. The van der Waals surface area contributed by atoms with E-state index in [9.17, 15) is 14.4 Å². The number of hydrogen-bond donors (Lipinski definition) is 0. The Morgan fingerprint density at radius 3 is 2.14 bits per heavy atom. The Morgan fingerprint density at radius 2 is 1.59 bits per heavy atom. The molecule has 6 nitrogen and oxygen atoms in total. The second-order valence-corrected chi connectivity index (χ2v) is 6.50. The van der Waals surface area contributed by atoms with Gasteiger partial charge in [-0.2, -0.15) is 0 Å². The summed E-state index contributed by atoms with van der Waals surface area (Å²) in [4.78, 5) is 34.9. The van der Waals surface area contributed by atoms with Gasteiger partial charge in [0, 0.05) is 27.2 Å². The van der Waals surface area contributed by atoms with Crippen molar-refractivity contribution >= 4 is 17.9 Å². The molecule has 3 unspecified atom stereocenters. The van der Waals surface area contributed by atoms with E-state index in [-0.39, 0.29) is 0 Å². The van der Waals surface area contributed by atoms with Crippen LogP contribution in [0, 0.1) is 23.7 Å². The Morgan fingerprint density at radius 1 is 0.931 bits per heavy atom. The number of rotatable bonds is 12. The Balaban J connectivity index is 5.61. The van der Waals surface area contributed by atoms with Crippen LogP contribution in [0.25, 0.3) is 0 Å². The first-order valence-corrected chi connectivity index (χ1v) is 9.92. The standard InChI is InChI=1S/C23H32O6/c1-6-8-10-12-14-16-21(27-18(3)24)23(29-20(5)26)22(28-19(4)25)17-15-13-11-9-7-2/h6,21-23H,1,7-10,12,14,16H2,2-5H3. The molecule has 0 aromatic carbocycles. The zero-order valence-electron chi connectivity index (χ0n) is 17.9. The molecule has 0 spiro atoms. The zero-order valence-corrected chi connectivity index (χ0v) is 17.9. The van der Waals surface area contributed by atoms with Crippen LogP contribution in [0.15, 0.2) is 12.7 Å². The molecule has 0 aliphatic rings. The third-order valence-corrected chi connectivity index (χ3v) is 3.71. The fourth-order valence-corrected chi connectivity index (χ4v) is 2.54. The lowest BCUT2D eigenvalue weighted by Crippen LogP contribution is -2.44. The summed E-state index contributed by atoms with van der Waals surface area (Å²) in [6.45, 7) is 9.44. The molecular formula is C23H32O6. The van der Waals surface area contributed by atoms with E-state index >= 15 is 0 Å². The second-order valence-electron chi connectivity index (χ2n) is 6.50. The molecule has 0 radical (unpaired) electrons. The fourth-order valence-electron chi connectivity index (χ4n) is 2.54. The van der Waals surface area contributed by atoms with Gasteiger partial charge in [0.1, 0.15) is 6.10 Å². The first-order valence-electron chi connectivity index (χ1n) is 9.92. The van der Waals surface area contributed by atoms with E-state index in [2.05, 4.69) is 30.3 Å². The van der Waals surface area contributed by atoms with Crippen LogP contribution in [0.1, 0.15) is 72.6 Å². The maximum absolute atomic E-state index is 11.7. The summed E-state index contributed by atoms with van der Waals surface area (Å²) in [5.41, 5.74) is 0. The monoisotopic (exact) mass is 404 g/mol. The van der Waals surface area contributed by atoms with Gasteiger partial charge in [0.2, 0.25) is 6.10 Å². The molecule has 0 saturated carbocycles. The molecule has 0 rings (SSSR count). The maximum Gasteiger partial charge on any atom is 0.304 e. The van der Waals surface area contributed by atoms with Crippen LogP contribution in [-0.2, 0) is 28.6 Å². The van der Waals surface area contributed by atoms with Crippen molar-refractivity contribution in [3.05, 3.63) is 12.7 Å². The topological polar surface area (TPSA) is 78.9 Å². The van der Waals surface area contributed by atoms with Crippen molar-refractivity contribution in [2.24, 2.45) is 0 Å². The Kier molecular flexibility index (Phi) is 14.7. The van der Waals surface area contributed by atoms with Crippen molar-refractivity contribution in [2.45, 2.75) is 91.0 Å². The smallest absolute Gasteiger partial charge is 0.304 e. The maximum atomic E-state index is 11.7. The van der Waals surface area contributed by atoms with Crippen molar-refractivity contribution in [3.63, 3.8) is 0 Å². The van der Waals surface area contributed by atoms with Crippen molar-refractivity contribution in [3.8, 4) is 23.7 Å². The summed E-state index contributed by atoms with van der Waals surface area (Å²) in [5, 5.41) is 0. The van der Waals surface area contributed by atoms with Crippen molar-refractivity contribution < 1.29 is 28.6 Å². The molecular weight excluding hydrogens is 372 g/mol. The van der Waals surface area contributed by atoms with E-state index in [0.717, 1.165) is 32.1 Å². The van der Waals surface area contributed by atoms with Crippen LogP contribution in [0.3, 0.4) is 0 Å². The minimum Gasteiger partial charge on any atom is -0.458 e. The van der Waals surface area contributed by atoms with E-state index in [0.29, 0.717) is 12.8 Å². The average molecular weight is 405 g/mol. The van der Waals surface area contributed by atoms with Crippen molar-refractivity contribution in [1.82, 2.24) is 0 Å². The number of carbonyl (C=O) groups excluding carboxylic acids is 3. The molecule has 0 amide bonds. The number of unbranched alkanes of at least 4 members (excludes halogenated alkanes) is 4. The Labute approximate surface area is 174 Å². The van der Waals surface area contributed by atoms with Gasteiger partial charge in [0.05, 0.1) is 0 Å². The average Bonchev–Trinajstić information content (AvgIpc) is 2.63. The highest BCUT2D eigenvalue weighted by Gasteiger charge is 2.35. The molecule has 0 aromatic heterocycles. The predicted octanol–water partition coefficient (Wildman–Crippen LogP) is 3.72. The highest BCUT2D eigenvalue weighted by Crippen LogP contribution is 2.19. The normalized spacial score (nSPS) is 12.7. The van der Waals surface area contributed by atoms with E-state index < -0.39 is 36.2 Å². The molecule has 0 saturated heterocycles. The van der Waals surface area contributed by atoms with Gasteiger partial charge in [0.15, 0.2) is 6.10 Å². The summed E-state index contributed by atoms with van der Waals surface area (Å²) >= 11 is 0. The van der Waals surface area contributed by atoms with Crippen molar-refractivity contribution in [1.29, 1.82) is 0 Å². The molecule has 0 aliphatic heterocycles. The third kappa shape index (κ3) is 14.0.